The number of aromatic nitrogens is 2. The fraction of sp³-hybridized carbons (Fsp3) is 0.500. The van der Waals surface area contributed by atoms with Crippen LogP contribution in [0.4, 0.5) is 11.8 Å². The Hall–Kier alpha value is -1.88. The van der Waals surface area contributed by atoms with Crippen LogP contribution >= 0.6 is 0 Å². The van der Waals surface area contributed by atoms with Gasteiger partial charge in [-0.3, -0.25) is 0 Å². The van der Waals surface area contributed by atoms with Gasteiger partial charge < -0.3 is 15.7 Å². The summed E-state index contributed by atoms with van der Waals surface area (Å²) in [6.45, 7) is 5.58. The molecule has 5 heteroatoms. The Morgan fingerprint density at radius 1 is 1.14 bits per heavy atom. The minimum atomic E-state index is -0.254. The third-order valence-electron chi connectivity index (χ3n) is 3.23. The van der Waals surface area contributed by atoms with Crippen molar-refractivity contribution in [1.29, 1.82) is 0 Å². The van der Waals surface area contributed by atoms with Crippen LogP contribution in [0.15, 0.2) is 24.3 Å². The van der Waals surface area contributed by atoms with Gasteiger partial charge in [-0.1, -0.05) is 19.1 Å². The van der Waals surface area contributed by atoms with E-state index in [2.05, 4.69) is 27.5 Å². The predicted octanol–water partition coefficient (Wildman–Crippen LogP) is 3.02. The molecule has 0 bridgehead atoms. The van der Waals surface area contributed by atoms with Crippen LogP contribution in [0, 0.1) is 0 Å². The van der Waals surface area contributed by atoms with Crippen LogP contribution in [0.1, 0.15) is 33.1 Å². The summed E-state index contributed by atoms with van der Waals surface area (Å²) >= 11 is 0. The molecule has 1 aromatic heterocycles. The van der Waals surface area contributed by atoms with Crippen LogP contribution < -0.4 is 10.6 Å². The zero-order valence-electron chi connectivity index (χ0n) is 12.8. The summed E-state index contributed by atoms with van der Waals surface area (Å²) in [4.78, 5) is 9.09. The Morgan fingerprint density at radius 2 is 1.95 bits per heavy atom. The highest BCUT2D eigenvalue weighted by atomic mass is 16.3. The minimum Gasteiger partial charge on any atom is -0.393 e. The number of aliphatic hydroxyl groups excluding tert-OH is 1. The van der Waals surface area contributed by atoms with Crippen molar-refractivity contribution in [2.75, 3.05) is 23.7 Å². The molecule has 0 fully saturated rings. The van der Waals surface area contributed by atoms with Gasteiger partial charge in [-0.15, -0.1) is 0 Å². The number of fused-ring (bicyclic) bond motifs is 1. The third kappa shape index (κ3) is 4.56. The second-order valence-electron chi connectivity index (χ2n) is 5.26. The molecule has 114 valence electrons. The molecular weight excluding hydrogens is 264 g/mol. The molecule has 0 amide bonds. The average molecular weight is 288 g/mol. The summed E-state index contributed by atoms with van der Waals surface area (Å²) in [6, 6.07) is 7.99. The number of para-hydroxylation sites is 1. The van der Waals surface area contributed by atoms with Crippen LogP contribution in [0.5, 0.6) is 0 Å². The summed E-state index contributed by atoms with van der Waals surface area (Å²) in [5, 5.41) is 16.9. The van der Waals surface area contributed by atoms with Crippen molar-refractivity contribution in [3.8, 4) is 0 Å². The lowest BCUT2D eigenvalue weighted by atomic mass is 10.2. The van der Waals surface area contributed by atoms with E-state index in [0.29, 0.717) is 5.95 Å². The SMILES string of the molecule is CCCNc1nc(NCCCC(C)O)c2ccccc2n1. The zero-order chi connectivity index (χ0) is 15.1. The smallest absolute Gasteiger partial charge is 0.225 e. The Morgan fingerprint density at radius 3 is 2.71 bits per heavy atom. The van der Waals surface area contributed by atoms with E-state index in [9.17, 15) is 5.11 Å². The van der Waals surface area contributed by atoms with Gasteiger partial charge in [0.05, 0.1) is 11.6 Å². The Balaban J connectivity index is 2.14. The fourth-order valence-corrected chi connectivity index (χ4v) is 2.13. The van der Waals surface area contributed by atoms with Gasteiger partial charge in [-0.2, -0.15) is 4.98 Å². The standard InChI is InChI=1S/C16H24N4O/c1-3-10-18-16-19-14-9-5-4-8-13(14)15(20-16)17-11-6-7-12(2)21/h4-5,8-9,12,21H,3,6-7,10-11H2,1-2H3,(H2,17,18,19,20). The molecule has 0 radical (unpaired) electrons. The molecule has 2 aromatic rings. The topological polar surface area (TPSA) is 70.1 Å². The predicted molar refractivity (Wildman–Crippen MR) is 87.7 cm³/mol. The largest absolute Gasteiger partial charge is 0.393 e. The number of anilines is 2. The summed E-state index contributed by atoms with van der Waals surface area (Å²) in [6.07, 6.45) is 2.48. The van der Waals surface area contributed by atoms with Crippen molar-refractivity contribution in [3.05, 3.63) is 24.3 Å². The molecule has 2 rings (SSSR count). The van der Waals surface area contributed by atoms with Gasteiger partial charge in [0.25, 0.3) is 0 Å². The maximum absolute atomic E-state index is 9.30. The molecule has 1 heterocycles. The second kappa shape index (κ2) is 7.78. The van der Waals surface area contributed by atoms with Gasteiger partial charge in [0.1, 0.15) is 5.82 Å². The van der Waals surface area contributed by atoms with Gasteiger partial charge >= 0.3 is 0 Å². The van der Waals surface area contributed by atoms with Gasteiger partial charge in [0, 0.05) is 18.5 Å². The first-order valence-electron chi connectivity index (χ1n) is 7.63. The first-order valence-corrected chi connectivity index (χ1v) is 7.63. The first-order chi connectivity index (χ1) is 10.2. The number of nitrogens with zero attached hydrogens (tertiary/aromatic N) is 2. The molecule has 3 N–H and O–H groups in total. The molecule has 0 aliphatic heterocycles. The second-order valence-corrected chi connectivity index (χ2v) is 5.26. The lowest BCUT2D eigenvalue weighted by molar-refractivity contribution is 0.183. The highest BCUT2D eigenvalue weighted by Crippen LogP contribution is 2.21. The van der Waals surface area contributed by atoms with E-state index >= 15 is 0 Å². The monoisotopic (exact) mass is 288 g/mol. The number of benzene rings is 1. The molecule has 5 nitrogen and oxygen atoms in total. The lowest BCUT2D eigenvalue weighted by Gasteiger charge is -2.12. The summed E-state index contributed by atoms with van der Waals surface area (Å²) in [5.74, 6) is 1.51. The number of rotatable bonds is 8. The number of nitrogens with one attached hydrogen (secondary N) is 2. The molecule has 0 aliphatic carbocycles. The van der Waals surface area contributed by atoms with Crippen LogP contribution in [0.3, 0.4) is 0 Å². The van der Waals surface area contributed by atoms with E-state index < -0.39 is 0 Å². The molecule has 21 heavy (non-hydrogen) atoms. The Labute approximate surface area is 125 Å². The molecule has 0 spiro atoms. The van der Waals surface area contributed by atoms with E-state index in [1.54, 1.807) is 0 Å². The highest BCUT2D eigenvalue weighted by Gasteiger charge is 2.06. The summed E-state index contributed by atoms with van der Waals surface area (Å²) < 4.78 is 0. The number of aliphatic hydroxyl groups is 1. The molecule has 1 atom stereocenters. The van der Waals surface area contributed by atoms with E-state index in [1.165, 1.54) is 0 Å². The van der Waals surface area contributed by atoms with E-state index in [-0.39, 0.29) is 6.10 Å². The average Bonchev–Trinajstić information content (AvgIpc) is 2.49. The van der Waals surface area contributed by atoms with Crippen LogP contribution in [-0.2, 0) is 0 Å². The number of hydrogen-bond donors (Lipinski definition) is 3. The van der Waals surface area contributed by atoms with Crippen LogP contribution in [0.2, 0.25) is 0 Å². The van der Waals surface area contributed by atoms with E-state index in [0.717, 1.165) is 49.1 Å². The quantitative estimate of drug-likeness (QED) is 0.651. The molecule has 0 saturated carbocycles. The van der Waals surface area contributed by atoms with Crippen molar-refractivity contribution in [2.24, 2.45) is 0 Å². The number of hydrogen-bond acceptors (Lipinski definition) is 5. The van der Waals surface area contributed by atoms with Gasteiger partial charge in [0.2, 0.25) is 5.95 Å². The third-order valence-corrected chi connectivity index (χ3v) is 3.23. The Kier molecular flexibility index (Phi) is 5.75. The van der Waals surface area contributed by atoms with Crippen molar-refractivity contribution in [3.63, 3.8) is 0 Å². The Bertz CT molecular complexity index is 571. The maximum Gasteiger partial charge on any atom is 0.225 e. The molecular formula is C16H24N4O. The fourth-order valence-electron chi connectivity index (χ4n) is 2.13. The van der Waals surface area contributed by atoms with Crippen LogP contribution in [0.25, 0.3) is 10.9 Å². The first kappa shape index (κ1) is 15.5. The molecule has 0 aliphatic rings. The normalized spacial score (nSPS) is 12.3. The van der Waals surface area contributed by atoms with Crippen LogP contribution in [-0.4, -0.2) is 34.3 Å². The van der Waals surface area contributed by atoms with E-state index in [1.807, 2.05) is 31.2 Å². The molecule has 0 saturated heterocycles. The lowest BCUT2D eigenvalue weighted by Crippen LogP contribution is -2.10. The van der Waals surface area contributed by atoms with Crippen molar-refractivity contribution in [1.82, 2.24) is 9.97 Å². The zero-order valence-corrected chi connectivity index (χ0v) is 12.8. The van der Waals surface area contributed by atoms with E-state index in [4.69, 9.17) is 0 Å². The molecule has 1 aromatic carbocycles. The van der Waals surface area contributed by atoms with Crippen molar-refractivity contribution in [2.45, 2.75) is 39.2 Å². The minimum absolute atomic E-state index is 0.254. The maximum atomic E-state index is 9.30. The highest BCUT2D eigenvalue weighted by molar-refractivity contribution is 5.89. The molecule has 1 unspecified atom stereocenters. The summed E-state index contributed by atoms with van der Waals surface area (Å²) in [5.41, 5.74) is 0.934. The van der Waals surface area contributed by atoms with Gasteiger partial charge in [0.15, 0.2) is 0 Å². The van der Waals surface area contributed by atoms with Gasteiger partial charge in [-0.05, 0) is 38.3 Å². The summed E-state index contributed by atoms with van der Waals surface area (Å²) in [7, 11) is 0. The van der Waals surface area contributed by atoms with Gasteiger partial charge in [-0.25, -0.2) is 4.98 Å². The van der Waals surface area contributed by atoms with Crippen molar-refractivity contribution < 1.29 is 5.11 Å². The van der Waals surface area contributed by atoms with Crippen molar-refractivity contribution >= 4 is 22.7 Å².